The lowest BCUT2D eigenvalue weighted by Gasteiger charge is -2.37. The van der Waals surface area contributed by atoms with Crippen LogP contribution in [0.15, 0.2) is 71.9 Å². The molecule has 360 valence electrons. The van der Waals surface area contributed by atoms with E-state index < -0.39 is 18.0 Å². The predicted octanol–water partition coefficient (Wildman–Crippen LogP) is 6.36. The molecule has 16 nitrogen and oxygen atoms in total. The van der Waals surface area contributed by atoms with E-state index in [0.717, 1.165) is 88.0 Å². The van der Waals surface area contributed by atoms with Crippen LogP contribution in [0.5, 0.6) is 0 Å². The number of nitrogens with zero attached hydrogens (tertiary/aromatic N) is 7. The quantitative estimate of drug-likeness (QED) is 0.0979. The molecule has 4 N–H and O–H groups in total. The van der Waals surface area contributed by atoms with Crippen molar-refractivity contribution in [1.29, 1.82) is 0 Å². The van der Waals surface area contributed by atoms with E-state index in [4.69, 9.17) is 4.74 Å². The molecule has 3 aromatic heterocycles. The number of aromatic nitrogens is 4. The molecule has 0 saturated carbocycles. The molecule has 5 aromatic rings. The summed E-state index contributed by atoms with van der Waals surface area (Å²) in [6, 6.07) is 16.1. The van der Waals surface area contributed by atoms with E-state index in [-0.39, 0.29) is 55.1 Å². The summed E-state index contributed by atoms with van der Waals surface area (Å²) in [5.74, 6) is -0.367. The van der Waals surface area contributed by atoms with Gasteiger partial charge in [0.15, 0.2) is 0 Å². The fourth-order valence-electron chi connectivity index (χ4n) is 10.3. The number of hydrogen-bond donors (Lipinski definition) is 4. The number of halogens is 1. The van der Waals surface area contributed by atoms with E-state index in [1.54, 1.807) is 21.7 Å². The molecule has 4 aliphatic heterocycles. The van der Waals surface area contributed by atoms with Gasteiger partial charge in [-0.15, -0.1) is 0 Å². The van der Waals surface area contributed by atoms with Crippen LogP contribution >= 0.6 is 0 Å². The summed E-state index contributed by atoms with van der Waals surface area (Å²) in [5.41, 5.74) is 6.30. The number of fused-ring (bicyclic) bond motifs is 1. The van der Waals surface area contributed by atoms with Crippen molar-refractivity contribution in [3.63, 3.8) is 0 Å². The van der Waals surface area contributed by atoms with Crippen LogP contribution in [0.3, 0.4) is 0 Å². The number of benzene rings is 2. The van der Waals surface area contributed by atoms with Crippen molar-refractivity contribution in [2.24, 2.45) is 11.8 Å². The lowest BCUT2D eigenvalue weighted by molar-refractivity contribution is -0.121. The fraction of sp³-hybridized carbons (Fsp3) is 0.490. The average molecular weight is 931 g/mol. The number of pyridine rings is 1. The minimum Gasteiger partial charge on any atom is -0.391 e. The third-order valence-corrected chi connectivity index (χ3v) is 14.1. The summed E-state index contributed by atoms with van der Waals surface area (Å²) in [6.45, 7) is 13.2. The predicted molar refractivity (Wildman–Crippen MR) is 257 cm³/mol. The normalized spacial score (nSPS) is 20.2. The van der Waals surface area contributed by atoms with Gasteiger partial charge in [0.25, 0.3) is 5.56 Å². The monoisotopic (exact) mass is 930 g/mol. The molecule has 5 amide bonds. The topological polar surface area (TPSA) is 181 Å². The maximum Gasteiger partial charge on any atom is 0.324 e. The number of carbonyl (C=O) groups excluding carboxylic acids is 3. The van der Waals surface area contributed by atoms with Gasteiger partial charge in [-0.2, -0.15) is 0 Å². The molecule has 0 radical (unpaired) electrons. The number of likely N-dealkylation sites (tertiary alicyclic amines) is 3. The van der Waals surface area contributed by atoms with E-state index in [0.29, 0.717) is 59.3 Å². The number of nitrogens with one attached hydrogen (secondary N) is 3. The van der Waals surface area contributed by atoms with Crippen molar-refractivity contribution in [2.45, 2.75) is 97.2 Å². The molecule has 9 rings (SSSR count). The van der Waals surface area contributed by atoms with Crippen LogP contribution in [0.1, 0.15) is 69.1 Å². The maximum absolute atomic E-state index is 15.2. The molecule has 4 aliphatic rings. The third-order valence-electron chi connectivity index (χ3n) is 14.1. The van der Waals surface area contributed by atoms with Crippen LogP contribution in [-0.2, 0) is 29.2 Å². The number of ether oxygens (including phenoxy) is 1. The first-order valence-corrected chi connectivity index (χ1v) is 24.2. The van der Waals surface area contributed by atoms with Gasteiger partial charge >= 0.3 is 12.1 Å². The first kappa shape index (κ1) is 47.1. The number of aliphatic hydroxyl groups excluding tert-OH is 1. The Morgan fingerprint density at radius 3 is 2.37 bits per heavy atom. The Morgan fingerprint density at radius 1 is 0.912 bits per heavy atom. The van der Waals surface area contributed by atoms with E-state index in [1.807, 2.05) is 19.1 Å². The smallest absolute Gasteiger partial charge is 0.324 e. The molecule has 2 aromatic carbocycles. The number of piperidine rings is 2. The Morgan fingerprint density at radius 2 is 1.65 bits per heavy atom. The second-order valence-electron chi connectivity index (χ2n) is 19.5. The van der Waals surface area contributed by atoms with E-state index >= 15 is 4.39 Å². The number of urea groups is 2. The van der Waals surface area contributed by atoms with Crippen LogP contribution in [0.25, 0.3) is 33.5 Å². The first-order chi connectivity index (χ1) is 32.8. The minimum atomic E-state index is -0.583. The van der Waals surface area contributed by atoms with Gasteiger partial charge in [0.2, 0.25) is 5.91 Å². The molecule has 4 saturated heterocycles. The highest BCUT2D eigenvalue weighted by atomic mass is 19.1. The molecular formula is C51H63FN10O6. The van der Waals surface area contributed by atoms with Crippen LogP contribution in [-0.4, -0.2) is 133 Å². The SMILES string of the molecule is Cc1c(NC(=O)N2C[C@H](CC(C)C)[C@@H](O)C2)cc(F)cc1-c1ncnc2[nH]c(-c3ccc(CN4CCC(OC5CCN(CCn6cccc(CN7CCC(=O)NC7=O)c6=O)CC5)CC4)cc3)cc12. The molecule has 0 bridgehead atoms. The van der Waals surface area contributed by atoms with Gasteiger partial charge in [-0.1, -0.05) is 44.2 Å². The van der Waals surface area contributed by atoms with E-state index in [1.165, 1.54) is 28.9 Å². The van der Waals surface area contributed by atoms with Crippen molar-refractivity contribution >= 4 is 34.7 Å². The van der Waals surface area contributed by atoms with Gasteiger partial charge in [-0.25, -0.2) is 23.9 Å². The Labute approximate surface area is 395 Å². The standard InChI is InChI=1S/C51H63FN10O6/c1-32(2)23-37-29-62(30-45(37)63)50(66)56-43-25-38(52)24-41(33(43)3)47-42-26-44(55-48(42)54-31-53-47)35-8-6-34(7-9-35)27-59-18-12-40(13-19-59)68-39-10-16-58(17-11-39)21-22-60-15-4-5-36(49(60)65)28-61-20-14-46(64)57-51(61)67/h4-9,15,24-26,31-32,37,39-40,45,63H,10-14,16-23,27-30H2,1-3H3,(H,56,66)(H,53,54,55)(H,57,64,67)/t37-,45-/m0/s1. The number of amides is 5. The van der Waals surface area contributed by atoms with E-state index in [9.17, 15) is 24.3 Å². The highest BCUT2D eigenvalue weighted by molar-refractivity contribution is 5.98. The number of carbonyl (C=O) groups is 3. The van der Waals surface area contributed by atoms with Gasteiger partial charge in [0.1, 0.15) is 17.8 Å². The Kier molecular flexibility index (Phi) is 14.3. The molecule has 7 heterocycles. The third kappa shape index (κ3) is 11.0. The summed E-state index contributed by atoms with van der Waals surface area (Å²) in [7, 11) is 0. The first-order valence-electron chi connectivity index (χ1n) is 24.2. The van der Waals surface area contributed by atoms with Crippen molar-refractivity contribution in [3.8, 4) is 22.5 Å². The summed E-state index contributed by atoms with van der Waals surface area (Å²) in [6.07, 6.45) is 8.13. The van der Waals surface area contributed by atoms with Gasteiger partial charge in [0.05, 0.1) is 30.6 Å². The Bertz CT molecular complexity index is 2670. The van der Waals surface area contributed by atoms with Crippen LogP contribution in [0.2, 0.25) is 0 Å². The average Bonchev–Trinajstić information content (AvgIpc) is 3.93. The number of H-pyrrole nitrogens is 1. The summed E-state index contributed by atoms with van der Waals surface area (Å²) >= 11 is 0. The van der Waals surface area contributed by atoms with Gasteiger partial charge < -0.3 is 39.4 Å². The highest BCUT2D eigenvalue weighted by Crippen LogP contribution is 2.35. The molecule has 0 unspecified atom stereocenters. The van der Waals surface area contributed by atoms with E-state index in [2.05, 4.69) is 73.5 Å². The van der Waals surface area contributed by atoms with Crippen LogP contribution < -0.4 is 16.2 Å². The minimum absolute atomic E-state index is 0.0123. The number of aromatic amines is 1. The second-order valence-corrected chi connectivity index (χ2v) is 19.5. The Hall–Kier alpha value is -6.01. The summed E-state index contributed by atoms with van der Waals surface area (Å²) in [4.78, 5) is 70.7. The number of imide groups is 1. The summed E-state index contributed by atoms with van der Waals surface area (Å²) in [5, 5.41) is 16.5. The molecule has 0 spiro atoms. The molecule has 4 fully saturated rings. The summed E-state index contributed by atoms with van der Waals surface area (Å²) < 4.78 is 23.6. The number of rotatable bonds is 14. The molecule has 2 atom stereocenters. The van der Waals surface area contributed by atoms with Gasteiger partial charge in [-0.05, 0) is 85.9 Å². The highest BCUT2D eigenvalue weighted by Gasteiger charge is 2.35. The molecular weight excluding hydrogens is 868 g/mol. The zero-order valence-electron chi connectivity index (χ0n) is 39.3. The number of hydrogen-bond acceptors (Lipinski definition) is 10. The van der Waals surface area contributed by atoms with Gasteiger partial charge in [-0.3, -0.25) is 19.8 Å². The maximum atomic E-state index is 15.2. The largest absolute Gasteiger partial charge is 0.391 e. The number of β-amino-alcohol motifs (C(OH)–C–C–N with tert-alkyl or cyclic N) is 1. The van der Waals surface area contributed by atoms with Crippen LogP contribution in [0, 0.1) is 24.6 Å². The number of aliphatic hydroxyl groups is 1. The molecule has 0 aliphatic carbocycles. The van der Waals surface area contributed by atoms with Crippen molar-refractivity contribution in [3.05, 3.63) is 100.0 Å². The zero-order valence-corrected chi connectivity index (χ0v) is 39.3. The van der Waals surface area contributed by atoms with Crippen molar-refractivity contribution in [1.82, 2.24) is 44.4 Å². The molecule has 17 heteroatoms. The molecule has 68 heavy (non-hydrogen) atoms. The second kappa shape index (κ2) is 20.7. The van der Waals surface area contributed by atoms with Crippen molar-refractivity contribution in [2.75, 3.05) is 57.7 Å². The van der Waals surface area contributed by atoms with Crippen molar-refractivity contribution < 1.29 is 28.6 Å². The van der Waals surface area contributed by atoms with Crippen LogP contribution in [0.4, 0.5) is 19.7 Å². The fourth-order valence-corrected chi connectivity index (χ4v) is 10.3. The lowest BCUT2D eigenvalue weighted by Crippen LogP contribution is -2.49. The Balaban J connectivity index is 0.737. The zero-order chi connectivity index (χ0) is 47.5. The lowest BCUT2D eigenvalue weighted by atomic mass is 9.95. The van der Waals surface area contributed by atoms with Gasteiger partial charge in [0, 0.05) is 112 Å². The number of anilines is 1.